The number of hydrogen-bond acceptors (Lipinski definition) is 7. The minimum Gasteiger partial charge on any atom is -0.497 e. The van der Waals surface area contributed by atoms with Crippen molar-refractivity contribution in [2.45, 2.75) is 19.4 Å². The van der Waals surface area contributed by atoms with Crippen LogP contribution in [0.5, 0.6) is 11.5 Å². The van der Waals surface area contributed by atoms with Gasteiger partial charge >= 0.3 is 0 Å². The summed E-state index contributed by atoms with van der Waals surface area (Å²) in [4.78, 5) is 25.4. The molecule has 0 bridgehead atoms. The fraction of sp³-hybridized carbons (Fsp3) is 0.304. The maximum Gasteiger partial charge on any atom is 0.282 e. The summed E-state index contributed by atoms with van der Waals surface area (Å²) in [6, 6.07) is 4.67. The zero-order valence-electron chi connectivity index (χ0n) is 18.9. The van der Waals surface area contributed by atoms with Gasteiger partial charge in [-0.15, -0.1) is 0 Å². The van der Waals surface area contributed by atoms with Crippen LogP contribution in [-0.2, 0) is 9.59 Å². The quantitative estimate of drug-likeness (QED) is 0.182. The number of amides is 2. The van der Waals surface area contributed by atoms with Crippen molar-refractivity contribution in [2.75, 3.05) is 27.3 Å². The van der Waals surface area contributed by atoms with Crippen molar-refractivity contribution in [3.8, 4) is 23.3 Å². The summed E-state index contributed by atoms with van der Waals surface area (Å²) in [5, 5.41) is 1.16. The topological polar surface area (TPSA) is 137 Å². The number of hydrogen-bond donors (Lipinski definition) is 3. The van der Waals surface area contributed by atoms with Crippen molar-refractivity contribution in [3.05, 3.63) is 59.2 Å². The number of carbonyl (C=O) groups excluding carboxylic acids is 2. The van der Waals surface area contributed by atoms with Crippen LogP contribution in [0.2, 0.25) is 0 Å². The molecule has 176 valence electrons. The van der Waals surface area contributed by atoms with Gasteiger partial charge in [-0.05, 0) is 25.5 Å². The summed E-state index contributed by atoms with van der Waals surface area (Å²) in [7, 11) is 3.05. The number of benzene rings is 1. The standard InChI is InChI=1S/C23H28FN5O4/c1-5-16(7-6-15-10-18(32-3)12-19(11-15)33-4)20(22(26)30)21(25)29(27)17-8-9-28(13-17)23(31)14(2)24/h5,10-12,17H,2,8-9,13,25,27H2,1,3-4H3,(H2,26,30)/b16-5-,21-20+/t17-/m0/s1. The maximum absolute atomic E-state index is 13.2. The van der Waals surface area contributed by atoms with Gasteiger partial charge in [-0.25, -0.2) is 10.2 Å². The predicted octanol–water partition coefficient (Wildman–Crippen LogP) is 0.917. The molecular formula is C23H28FN5O4. The number of nitrogens with two attached hydrogens (primary N) is 3. The summed E-state index contributed by atoms with van der Waals surface area (Å²) in [6.07, 6.45) is 2.01. The Morgan fingerprint density at radius 2 is 1.85 bits per heavy atom. The van der Waals surface area contributed by atoms with Gasteiger partial charge in [0.05, 0.1) is 25.8 Å². The molecule has 1 heterocycles. The van der Waals surface area contributed by atoms with Crippen LogP contribution in [0.3, 0.4) is 0 Å². The number of halogens is 1. The third-order valence-electron chi connectivity index (χ3n) is 5.11. The highest BCUT2D eigenvalue weighted by molar-refractivity contribution is 5.98. The second kappa shape index (κ2) is 11.1. The number of hydrazine groups is 1. The van der Waals surface area contributed by atoms with Crippen LogP contribution in [0.1, 0.15) is 18.9 Å². The molecule has 0 radical (unpaired) electrons. The van der Waals surface area contributed by atoms with E-state index in [-0.39, 0.29) is 30.1 Å². The Hall–Kier alpha value is -3.97. The zero-order chi connectivity index (χ0) is 24.7. The van der Waals surface area contributed by atoms with Gasteiger partial charge in [0.2, 0.25) is 0 Å². The van der Waals surface area contributed by atoms with E-state index in [9.17, 15) is 14.0 Å². The lowest BCUT2D eigenvalue weighted by atomic mass is 10.0. The Morgan fingerprint density at radius 1 is 1.24 bits per heavy atom. The molecule has 1 aromatic carbocycles. The normalized spacial score (nSPS) is 16.3. The average Bonchev–Trinajstić information content (AvgIpc) is 3.29. The molecule has 1 saturated heterocycles. The molecule has 2 amide bonds. The first kappa shape index (κ1) is 25.3. The summed E-state index contributed by atoms with van der Waals surface area (Å²) >= 11 is 0. The summed E-state index contributed by atoms with van der Waals surface area (Å²) in [6.45, 7) is 5.09. The van der Waals surface area contributed by atoms with E-state index in [1.54, 1.807) is 31.2 Å². The highest BCUT2D eigenvalue weighted by Crippen LogP contribution is 2.23. The zero-order valence-corrected chi connectivity index (χ0v) is 18.9. The molecule has 0 aliphatic carbocycles. The van der Waals surface area contributed by atoms with Crippen molar-refractivity contribution in [2.24, 2.45) is 17.3 Å². The molecule has 0 spiro atoms. The summed E-state index contributed by atoms with van der Waals surface area (Å²) in [5.74, 6) is 10.3. The van der Waals surface area contributed by atoms with Gasteiger partial charge in [0.1, 0.15) is 17.3 Å². The Kier molecular flexibility index (Phi) is 8.48. The highest BCUT2D eigenvalue weighted by atomic mass is 19.1. The Bertz CT molecular complexity index is 1050. The monoisotopic (exact) mass is 457 g/mol. The fourth-order valence-corrected chi connectivity index (χ4v) is 3.35. The second-order valence-electron chi connectivity index (χ2n) is 7.18. The van der Waals surface area contributed by atoms with E-state index in [2.05, 4.69) is 18.4 Å². The molecule has 1 aliphatic rings. The lowest BCUT2D eigenvalue weighted by molar-refractivity contribution is -0.127. The van der Waals surface area contributed by atoms with E-state index in [1.807, 2.05) is 0 Å². The fourth-order valence-electron chi connectivity index (χ4n) is 3.35. The van der Waals surface area contributed by atoms with Gasteiger partial charge < -0.3 is 25.8 Å². The predicted molar refractivity (Wildman–Crippen MR) is 122 cm³/mol. The number of ether oxygens (including phenoxy) is 2. The molecule has 0 unspecified atom stereocenters. The molecular weight excluding hydrogens is 429 g/mol. The molecule has 1 aliphatic heterocycles. The van der Waals surface area contributed by atoms with Crippen LogP contribution in [0.15, 0.2) is 53.6 Å². The van der Waals surface area contributed by atoms with E-state index in [1.165, 1.54) is 19.1 Å². The minimum absolute atomic E-state index is 0.0676. The van der Waals surface area contributed by atoms with E-state index in [4.69, 9.17) is 26.8 Å². The van der Waals surface area contributed by atoms with Crippen LogP contribution in [0, 0.1) is 11.8 Å². The molecule has 1 fully saturated rings. The number of methoxy groups -OCH3 is 2. The molecule has 10 heteroatoms. The first-order valence-corrected chi connectivity index (χ1v) is 10.0. The number of nitrogens with zero attached hydrogens (tertiary/aromatic N) is 2. The Balaban J connectivity index is 2.36. The van der Waals surface area contributed by atoms with E-state index in [0.29, 0.717) is 23.5 Å². The van der Waals surface area contributed by atoms with Crippen molar-refractivity contribution < 1.29 is 23.5 Å². The van der Waals surface area contributed by atoms with Crippen LogP contribution < -0.4 is 26.8 Å². The van der Waals surface area contributed by atoms with Crippen LogP contribution >= 0.6 is 0 Å². The smallest absolute Gasteiger partial charge is 0.282 e. The van der Waals surface area contributed by atoms with Gasteiger partial charge in [0, 0.05) is 30.3 Å². The first-order valence-electron chi connectivity index (χ1n) is 10.0. The number of likely N-dealkylation sites (tertiary alicyclic amines) is 1. The average molecular weight is 458 g/mol. The molecule has 6 N–H and O–H groups in total. The summed E-state index contributed by atoms with van der Waals surface area (Å²) in [5.41, 5.74) is 12.6. The lowest BCUT2D eigenvalue weighted by Crippen LogP contribution is -2.46. The van der Waals surface area contributed by atoms with Crippen molar-refractivity contribution in [1.29, 1.82) is 0 Å². The van der Waals surface area contributed by atoms with Crippen molar-refractivity contribution in [3.63, 3.8) is 0 Å². The van der Waals surface area contributed by atoms with Gasteiger partial charge in [-0.2, -0.15) is 0 Å². The second-order valence-corrected chi connectivity index (χ2v) is 7.18. The minimum atomic E-state index is -1.05. The lowest BCUT2D eigenvalue weighted by Gasteiger charge is -2.27. The van der Waals surface area contributed by atoms with Crippen molar-refractivity contribution >= 4 is 11.8 Å². The molecule has 0 aromatic heterocycles. The molecule has 1 aromatic rings. The van der Waals surface area contributed by atoms with Gasteiger partial charge in [-0.3, -0.25) is 14.6 Å². The third kappa shape index (κ3) is 6.05. The highest BCUT2D eigenvalue weighted by Gasteiger charge is 2.32. The molecule has 1 atom stereocenters. The Labute approximate surface area is 192 Å². The van der Waals surface area contributed by atoms with Crippen LogP contribution in [0.4, 0.5) is 4.39 Å². The van der Waals surface area contributed by atoms with Crippen molar-refractivity contribution in [1.82, 2.24) is 9.91 Å². The van der Waals surface area contributed by atoms with Crippen LogP contribution in [0.25, 0.3) is 0 Å². The Morgan fingerprint density at radius 3 is 2.33 bits per heavy atom. The third-order valence-corrected chi connectivity index (χ3v) is 5.11. The molecule has 9 nitrogen and oxygen atoms in total. The van der Waals surface area contributed by atoms with E-state index in [0.717, 1.165) is 5.01 Å². The molecule has 0 saturated carbocycles. The van der Waals surface area contributed by atoms with Crippen LogP contribution in [-0.4, -0.2) is 55.1 Å². The number of rotatable bonds is 7. The van der Waals surface area contributed by atoms with Gasteiger partial charge in [-0.1, -0.05) is 24.5 Å². The maximum atomic E-state index is 13.2. The SMILES string of the molecule is C=C(F)C(=O)N1CC[C@H](N(N)/C(N)=C(C(N)=O)\C(C#Cc2cc(OC)cc(OC)c2)=C/C)C1. The number of carbonyl (C=O) groups is 2. The largest absolute Gasteiger partial charge is 0.497 e. The van der Waals surface area contributed by atoms with E-state index >= 15 is 0 Å². The molecule has 33 heavy (non-hydrogen) atoms. The molecule has 2 rings (SSSR count). The van der Waals surface area contributed by atoms with E-state index < -0.39 is 23.7 Å². The van der Waals surface area contributed by atoms with Gasteiger partial charge in [0.25, 0.3) is 11.8 Å². The summed E-state index contributed by atoms with van der Waals surface area (Å²) < 4.78 is 23.6. The number of primary amides is 1. The van der Waals surface area contributed by atoms with Gasteiger partial charge in [0.15, 0.2) is 5.83 Å². The number of allylic oxidation sites excluding steroid dienone is 1. The first-order chi connectivity index (χ1) is 15.6.